The number of nitrogens with two attached hydrogens (primary N) is 1. The van der Waals surface area contributed by atoms with Crippen molar-refractivity contribution in [3.05, 3.63) is 46.9 Å². The maximum absolute atomic E-state index is 11.2. The van der Waals surface area contributed by atoms with Gasteiger partial charge in [-0.3, -0.25) is 0 Å². The minimum Gasteiger partial charge on any atom is -0.326 e. The maximum Gasteiger partial charge on any atom is 0.168 e. The van der Waals surface area contributed by atoms with E-state index in [0.29, 0.717) is 6.54 Å². The molecule has 3 N–H and O–H groups in total. The van der Waals surface area contributed by atoms with Crippen LogP contribution in [0.1, 0.15) is 25.0 Å². The highest BCUT2D eigenvalue weighted by Crippen LogP contribution is 2.08. The lowest BCUT2D eigenvalue weighted by Gasteiger charge is -2.18. The summed E-state index contributed by atoms with van der Waals surface area (Å²) < 4.78 is 22.5. The molecule has 1 aromatic carbocycles. The van der Waals surface area contributed by atoms with Gasteiger partial charge in [0.1, 0.15) is 0 Å². The maximum atomic E-state index is 11.2. The van der Waals surface area contributed by atoms with Crippen LogP contribution in [-0.4, -0.2) is 26.8 Å². The van der Waals surface area contributed by atoms with Gasteiger partial charge in [0.15, 0.2) is 9.84 Å². The Morgan fingerprint density at radius 1 is 1.20 bits per heavy atom. The molecule has 0 fully saturated rings. The average Bonchev–Trinajstić information content (AvgIpc) is 2.35. The van der Waals surface area contributed by atoms with Crippen LogP contribution in [0.2, 0.25) is 0 Å². The second-order valence-corrected chi connectivity index (χ2v) is 7.24. The van der Waals surface area contributed by atoms with Crippen molar-refractivity contribution < 1.29 is 8.42 Å². The van der Waals surface area contributed by atoms with Crippen LogP contribution in [0.15, 0.2) is 35.7 Å². The number of hydrogen-bond donors (Lipinski definition) is 2. The third-order valence-electron chi connectivity index (χ3n) is 2.82. The summed E-state index contributed by atoms with van der Waals surface area (Å²) in [5, 5.41) is 4.62. The molecule has 0 bridgehead atoms. The fraction of sp³-hybridized carbons (Fsp3) is 0.467. The lowest BCUT2D eigenvalue weighted by molar-refractivity contribution is 0.520. The van der Waals surface area contributed by atoms with Crippen molar-refractivity contribution in [1.82, 2.24) is 5.32 Å². The van der Waals surface area contributed by atoms with Gasteiger partial charge in [-0.2, -0.15) is 0 Å². The number of sulfone groups is 1. The molecule has 0 aliphatic carbocycles. The van der Waals surface area contributed by atoms with E-state index < -0.39 is 9.84 Å². The van der Waals surface area contributed by atoms with E-state index in [2.05, 4.69) is 5.32 Å². The third kappa shape index (κ3) is 6.84. The first-order valence-electron chi connectivity index (χ1n) is 6.72. The molecule has 0 unspecified atom stereocenters. The van der Waals surface area contributed by atoms with E-state index in [4.69, 9.17) is 5.73 Å². The highest BCUT2D eigenvalue weighted by Gasteiger charge is 2.08. The second kappa shape index (κ2) is 7.57. The van der Waals surface area contributed by atoms with Crippen molar-refractivity contribution in [2.75, 3.05) is 6.26 Å². The zero-order chi connectivity index (χ0) is 15.2. The molecule has 0 aliphatic heterocycles. The minimum absolute atomic E-state index is 0.00606. The largest absolute Gasteiger partial charge is 0.326 e. The van der Waals surface area contributed by atoms with E-state index in [9.17, 15) is 8.42 Å². The standard InChI is InChI=1S/C15H24N2O2S/c1-12(2)17-15(8-9-20(3,18)19)10-13-4-6-14(11-16)7-5-13/h4-9,12,15,17H,10-11,16H2,1-3H3/b9-8+/t15-/m1/s1. The predicted molar refractivity (Wildman–Crippen MR) is 84.1 cm³/mol. The summed E-state index contributed by atoms with van der Waals surface area (Å²) in [6, 6.07) is 8.35. The summed E-state index contributed by atoms with van der Waals surface area (Å²) in [5.41, 5.74) is 7.82. The fourth-order valence-corrected chi connectivity index (χ4v) is 2.39. The lowest BCUT2D eigenvalue weighted by atomic mass is 10.0. The van der Waals surface area contributed by atoms with E-state index in [1.165, 1.54) is 11.7 Å². The SMILES string of the molecule is CC(C)N[C@H](/C=C/S(C)(=O)=O)Cc1ccc(CN)cc1. The Kier molecular flexibility index (Phi) is 6.39. The summed E-state index contributed by atoms with van der Waals surface area (Å²) in [4.78, 5) is 0. The molecule has 0 spiro atoms. The number of nitrogens with one attached hydrogen (secondary N) is 1. The molecule has 0 aliphatic rings. The highest BCUT2D eigenvalue weighted by molar-refractivity contribution is 7.93. The van der Waals surface area contributed by atoms with E-state index in [0.717, 1.165) is 17.5 Å². The quantitative estimate of drug-likeness (QED) is 0.802. The molecule has 0 radical (unpaired) electrons. The molecule has 20 heavy (non-hydrogen) atoms. The predicted octanol–water partition coefficient (Wildman–Crippen LogP) is 1.61. The molecule has 0 aromatic heterocycles. The van der Waals surface area contributed by atoms with Gasteiger partial charge in [-0.1, -0.05) is 44.2 Å². The zero-order valence-electron chi connectivity index (χ0n) is 12.3. The van der Waals surface area contributed by atoms with Crippen LogP contribution in [0.25, 0.3) is 0 Å². The van der Waals surface area contributed by atoms with Crippen LogP contribution in [-0.2, 0) is 22.8 Å². The van der Waals surface area contributed by atoms with E-state index >= 15 is 0 Å². The Hall–Kier alpha value is -1.17. The molecule has 1 atom stereocenters. The molecule has 1 rings (SSSR count). The monoisotopic (exact) mass is 296 g/mol. The van der Waals surface area contributed by atoms with Gasteiger partial charge in [0, 0.05) is 30.3 Å². The molecule has 0 heterocycles. The Morgan fingerprint density at radius 3 is 2.20 bits per heavy atom. The van der Waals surface area contributed by atoms with Crippen molar-refractivity contribution in [3.63, 3.8) is 0 Å². The Balaban J connectivity index is 2.80. The fourth-order valence-electron chi connectivity index (χ4n) is 1.91. The van der Waals surface area contributed by atoms with Gasteiger partial charge in [-0.05, 0) is 17.5 Å². The van der Waals surface area contributed by atoms with Gasteiger partial charge in [-0.15, -0.1) is 0 Å². The second-order valence-electron chi connectivity index (χ2n) is 5.31. The van der Waals surface area contributed by atoms with E-state index in [-0.39, 0.29) is 12.1 Å². The first kappa shape index (κ1) is 16.9. The van der Waals surface area contributed by atoms with Crippen LogP contribution in [0.5, 0.6) is 0 Å². The van der Waals surface area contributed by atoms with Crippen LogP contribution in [0.4, 0.5) is 0 Å². The molecule has 0 saturated heterocycles. The third-order valence-corrected chi connectivity index (χ3v) is 3.47. The van der Waals surface area contributed by atoms with E-state index in [1.54, 1.807) is 6.08 Å². The summed E-state index contributed by atoms with van der Waals surface area (Å²) in [6.45, 7) is 4.61. The summed E-state index contributed by atoms with van der Waals surface area (Å²) in [7, 11) is -3.10. The van der Waals surface area contributed by atoms with Crippen molar-refractivity contribution in [2.24, 2.45) is 5.73 Å². The normalized spacial score (nSPS) is 14.1. The molecular weight excluding hydrogens is 272 g/mol. The van der Waals surface area contributed by atoms with Crippen molar-refractivity contribution in [2.45, 2.75) is 38.9 Å². The van der Waals surface area contributed by atoms with E-state index in [1.807, 2.05) is 38.1 Å². The van der Waals surface area contributed by atoms with Crippen molar-refractivity contribution in [3.8, 4) is 0 Å². The van der Waals surface area contributed by atoms with Crippen molar-refractivity contribution in [1.29, 1.82) is 0 Å². The van der Waals surface area contributed by atoms with Crippen LogP contribution in [0.3, 0.4) is 0 Å². The van der Waals surface area contributed by atoms with Gasteiger partial charge >= 0.3 is 0 Å². The molecule has 5 heteroatoms. The topological polar surface area (TPSA) is 72.2 Å². The van der Waals surface area contributed by atoms with Gasteiger partial charge in [-0.25, -0.2) is 8.42 Å². The average molecular weight is 296 g/mol. The van der Waals surface area contributed by atoms with Gasteiger partial charge in [0.25, 0.3) is 0 Å². The molecule has 0 saturated carbocycles. The summed E-state index contributed by atoms with van der Waals surface area (Å²) >= 11 is 0. The number of rotatable bonds is 7. The lowest BCUT2D eigenvalue weighted by Crippen LogP contribution is -2.35. The minimum atomic E-state index is -3.10. The van der Waals surface area contributed by atoms with Crippen LogP contribution in [0, 0.1) is 0 Å². The smallest absolute Gasteiger partial charge is 0.168 e. The molecule has 1 aromatic rings. The number of hydrogen-bond acceptors (Lipinski definition) is 4. The van der Waals surface area contributed by atoms with Crippen molar-refractivity contribution >= 4 is 9.84 Å². The summed E-state index contributed by atoms with van der Waals surface area (Å²) in [6.07, 6.45) is 3.66. The van der Waals surface area contributed by atoms with Gasteiger partial charge in [0.2, 0.25) is 0 Å². The Labute approximate surface area is 122 Å². The van der Waals surface area contributed by atoms with Crippen LogP contribution < -0.4 is 11.1 Å². The zero-order valence-corrected chi connectivity index (χ0v) is 13.2. The molecule has 0 amide bonds. The summed E-state index contributed by atoms with van der Waals surface area (Å²) in [5.74, 6) is 0. The van der Waals surface area contributed by atoms with Gasteiger partial charge in [0.05, 0.1) is 0 Å². The molecule has 112 valence electrons. The number of benzene rings is 1. The first-order chi connectivity index (χ1) is 9.30. The van der Waals surface area contributed by atoms with Gasteiger partial charge < -0.3 is 11.1 Å². The van der Waals surface area contributed by atoms with Crippen LogP contribution >= 0.6 is 0 Å². The highest BCUT2D eigenvalue weighted by atomic mass is 32.2. The Bertz CT molecular complexity index is 533. The molecular formula is C15H24N2O2S. The Morgan fingerprint density at radius 2 is 1.75 bits per heavy atom. The molecule has 4 nitrogen and oxygen atoms in total. The first-order valence-corrected chi connectivity index (χ1v) is 8.68.